The second-order valence-corrected chi connectivity index (χ2v) is 5.79. The maximum atomic E-state index is 12.4. The third kappa shape index (κ3) is 1.86. The van der Waals surface area contributed by atoms with Crippen LogP contribution in [0.4, 0.5) is 5.69 Å². The largest absolute Gasteiger partial charge is 0.398 e. The summed E-state index contributed by atoms with van der Waals surface area (Å²) in [6, 6.07) is 3.40. The Hall–Kier alpha value is -1.55. The molecule has 0 aliphatic heterocycles. The molecule has 0 atom stereocenters. The standard InChI is InChI=1S/C13H16ClN3O/c1-13(2,3)12-16-8-6-5-7(15)10(14)9(8)11(18)17(12)4/h5-6H,15H2,1-4H3. The fourth-order valence-electron chi connectivity index (χ4n) is 2.00. The molecule has 2 rings (SSSR count). The molecule has 0 aliphatic rings. The van der Waals surface area contributed by atoms with Gasteiger partial charge in [-0.05, 0) is 12.1 Å². The van der Waals surface area contributed by atoms with Crippen molar-refractivity contribution in [2.75, 3.05) is 5.73 Å². The van der Waals surface area contributed by atoms with Crippen molar-refractivity contribution in [1.82, 2.24) is 9.55 Å². The monoisotopic (exact) mass is 265 g/mol. The summed E-state index contributed by atoms with van der Waals surface area (Å²) in [5.41, 5.74) is 6.32. The van der Waals surface area contributed by atoms with Crippen LogP contribution < -0.4 is 11.3 Å². The van der Waals surface area contributed by atoms with Crippen molar-refractivity contribution >= 4 is 28.2 Å². The van der Waals surface area contributed by atoms with Gasteiger partial charge in [-0.2, -0.15) is 0 Å². The smallest absolute Gasteiger partial charge is 0.262 e. The van der Waals surface area contributed by atoms with Gasteiger partial charge in [0.2, 0.25) is 0 Å². The Kier molecular flexibility index (Phi) is 2.86. The summed E-state index contributed by atoms with van der Waals surface area (Å²) in [5, 5.41) is 0.660. The summed E-state index contributed by atoms with van der Waals surface area (Å²) in [7, 11) is 1.70. The van der Waals surface area contributed by atoms with Crippen LogP contribution in [0.25, 0.3) is 10.9 Å². The molecule has 1 heterocycles. The number of anilines is 1. The lowest BCUT2D eigenvalue weighted by Crippen LogP contribution is -2.29. The van der Waals surface area contributed by atoms with E-state index in [1.807, 2.05) is 20.8 Å². The van der Waals surface area contributed by atoms with E-state index in [-0.39, 0.29) is 16.0 Å². The summed E-state index contributed by atoms with van der Waals surface area (Å²) in [4.78, 5) is 16.9. The fraction of sp³-hybridized carbons (Fsp3) is 0.385. The molecule has 0 fully saturated rings. The van der Waals surface area contributed by atoms with E-state index in [4.69, 9.17) is 17.3 Å². The summed E-state index contributed by atoms with van der Waals surface area (Å²) >= 11 is 6.09. The van der Waals surface area contributed by atoms with E-state index < -0.39 is 0 Å². The van der Waals surface area contributed by atoms with Crippen LogP contribution in [0.15, 0.2) is 16.9 Å². The zero-order valence-electron chi connectivity index (χ0n) is 10.9. The first kappa shape index (κ1) is 12.9. The van der Waals surface area contributed by atoms with Crippen molar-refractivity contribution in [2.24, 2.45) is 7.05 Å². The van der Waals surface area contributed by atoms with Gasteiger partial charge in [-0.25, -0.2) is 4.98 Å². The number of halogens is 1. The molecule has 0 unspecified atom stereocenters. The normalized spacial score (nSPS) is 12.1. The summed E-state index contributed by atoms with van der Waals surface area (Å²) < 4.78 is 1.54. The number of nitrogen functional groups attached to an aromatic ring is 1. The quantitative estimate of drug-likeness (QED) is 0.745. The van der Waals surface area contributed by atoms with E-state index in [1.54, 1.807) is 19.2 Å². The minimum atomic E-state index is -0.212. The Morgan fingerprint density at radius 3 is 2.50 bits per heavy atom. The van der Waals surface area contributed by atoms with Crippen molar-refractivity contribution in [3.63, 3.8) is 0 Å². The van der Waals surface area contributed by atoms with E-state index >= 15 is 0 Å². The van der Waals surface area contributed by atoms with Crippen LogP contribution in [0.3, 0.4) is 0 Å². The number of fused-ring (bicyclic) bond motifs is 1. The summed E-state index contributed by atoms with van der Waals surface area (Å²) in [6.45, 7) is 6.04. The van der Waals surface area contributed by atoms with Gasteiger partial charge in [0.05, 0.1) is 21.6 Å². The average Bonchev–Trinajstić information content (AvgIpc) is 2.26. The molecule has 18 heavy (non-hydrogen) atoms. The van der Waals surface area contributed by atoms with Crippen molar-refractivity contribution in [2.45, 2.75) is 26.2 Å². The van der Waals surface area contributed by atoms with E-state index in [0.29, 0.717) is 16.6 Å². The highest BCUT2D eigenvalue weighted by Crippen LogP contribution is 2.27. The average molecular weight is 266 g/mol. The molecule has 0 aliphatic carbocycles. The number of rotatable bonds is 0. The summed E-state index contributed by atoms with van der Waals surface area (Å²) in [6.07, 6.45) is 0. The summed E-state index contributed by atoms with van der Waals surface area (Å²) in [5.74, 6) is 0.723. The molecule has 0 saturated carbocycles. The first-order valence-corrected chi connectivity index (χ1v) is 6.06. The third-order valence-corrected chi connectivity index (χ3v) is 3.29. The number of benzene rings is 1. The second kappa shape index (κ2) is 3.99. The van der Waals surface area contributed by atoms with Gasteiger partial charge in [-0.1, -0.05) is 32.4 Å². The predicted octanol–water partition coefficient (Wildman–Crippen LogP) is 2.47. The zero-order valence-corrected chi connectivity index (χ0v) is 11.7. The molecular weight excluding hydrogens is 250 g/mol. The molecular formula is C13H16ClN3O. The number of aromatic nitrogens is 2. The van der Waals surface area contributed by atoms with Gasteiger partial charge in [0.25, 0.3) is 5.56 Å². The minimum absolute atomic E-state index is 0.165. The van der Waals surface area contributed by atoms with Crippen LogP contribution in [0.2, 0.25) is 5.02 Å². The van der Waals surface area contributed by atoms with Gasteiger partial charge in [0.1, 0.15) is 5.82 Å². The Bertz CT molecular complexity index is 683. The first-order valence-electron chi connectivity index (χ1n) is 5.68. The van der Waals surface area contributed by atoms with Gasteiger partial charge >= 0.3 is 0 Å². The van der Waals surface area contributed by atoms with Crippen LogP contribution in [0.5, 0.6) is 0 Å². The molecule has 4 nitrogen and oxygen atoms in total. The van der Waals surface area contributed by atoms with Gasteiger partial charge < -0.3 is 5.73 Å². The van der Waals surface area contributed by atoms with Crippen molar-refractivity contribution in [3.05, 3.63) is 33.3 Å². The van der Waals surface area contributed by atoms with Crippen LogP contribution >= 0.6 is 11.6 Å². The molecule has 2 N–H and O–H groups in total. The molecule has 0 saturated heterocycles. The molecule has 1 aromatic heterocycles. The van der Waals surface area contributed by atoms with E-state index in [2.05, 4.69) is 4.98 Å². The lowest BCUT2D eigenvalue weighted by atomic mass is 9.95. The molecule has 0 radical (unpaired) electrons. The van der Waals surface area contributed by atoms with Gasteiger partial charge in [-0.15, -0.1) is 0 Å². The SMILES string of the molecule is Cn1c(C(C)(C)C)nc2ccc(N)c(Cl)c2c1=O. The molecule has 0 bridgehead atoms. The molecule has 5 heteroatoms. The lowest BCUT2D eigenvalue weighted by molar-refractivity contribution is 0.509. The third-order valence-electron chi connectivity index (χ3n) is 2.88. The van der Waals surface area contributed by atoms with Crippen LogP contribution in [0, 0.1) is 0 Å². The first-order chi connectivity index (χ1) is 8.23. The van der Waals surface area contributed by atoms with E-state index in [0.717, 1.165) is 5.82 Å². The maximum Gasteiger partial charge on any atom is 0.262 e. The van der Waals surface area contributed by atoms with Gasteiger partial charge in [-0.3, -0.25) is 9.36 Å². The molecule has 1 aromatic carbocycles. The molecule has 0 spiro atoms. The highest BCUT2D eigenvalue weighted by Gasteiger charge is 2.22. The van der Waals surface area contributed by atoms with Gasteiger partial charge in [0.15, 0.2) is 0 Å². The van der Waals surface area contributed by atoms with Crippen molar-refractivity contribution in [3.8, 4) is 0 Å². The Morgan fingerprint density at radius 1 is 1.33 bits per heavy atom. The Labute approximate surface area is 110 Å². The van der Waals surface area contributed by atoms with Crippen molar-refractivity contribution < 1.29 is 0 Å². The van der Waals surface area contributed by atoms with Gasteiger partial charge in [0, 0.05) is 12.5 Å². The molecule has 96 valence electrons. The number of nitrogens with two attached hydrogens (primary N) is 1. The lowest BCUT2D eigenvalue weighted by Gasteiger charge is -2.21. The van der Waals surface area contributed by atoms with E-state index in [9.17, 15) is 4.79 Å². The number of nitrogens with zero attached hydrogens (tertiary/aromatic N) is 2. The topological polar surface area (TPSA) is 60.9 Å². The maximum absolute atomic E-state index is 12.4. The number of hydrogen-bond acceptors (Lipinski definition) is 3. The van der Waals surface area contributed by atoms with Crippen molar-refractivity contribution in [1.29, 1.82) is 0 Å². The number of hydrogen-bond donors (Lipinski definition) is 1. The van der Waals surface area contributed by atoms with E-state index in [1.165, 1.54) is 4.57 Å². The van der Waals surface area contributed by atoms with Crippen LogP contribution in [-0.4, -0.2) is 9.55 Å². The Balaban J connectivity index is 2.97. The molecule has 2 aromatic rings. The van der Waals surface area contributed by atoms with Crippen LogP contribution in [0.1, 0.15) is 26.6 Å². The minimum Gasteiger partial charge on any atom is -0.398 e. The highest BCUT2D eigenvalue weighted by molar-refractivity contribution is 6.37. The predicted molar refractivity (Wildman–Crippen MR) is 75.1 cm³/mol. The second-order valence-electron chi connectivity index (χ2n) is 5.41. The zero-order chi connectivity index (χ0) is 13.7. The Morgan fingerprint density at radius 2 is 1.94 bits per heavy atom. The van der Waals surface area contributed by atoms with Crippen LogP contribution in [-0.2, 0) is 12.5 Å². The fourth-order valence-corrected chi connectivity index (χ4v) is 2.24. The molecule has 0 amide bonds. The highest BCUT2D eigenvalue weighted by atomic mass is 35.5.